The van der Waals surface area contributed by atoms with Crippen molar-refractivity contribution in [3.63, 3.8) is 0 Å². The van der Waals surface area contributed by atoms with Crippen LogP contribution in [0.1, 0.15) is 50.9 Å². The Morgan fingerprint density at radius 2 is 2.19 bits per heavy atom. The predicted octanol–water partition coefficient (Wildman–Crippen LogP) is 1.17. The highest BCUT2D eigenvalue weighted by molar-refractivity contribution is 5.69. The van der Waals surface area contributed by atoms with E-state index in [1.54, 1.807) is 0 Å². The molecule has 0 aromatic carbocycles. The third-order valence-electron chi connectivity index (χ3n) is 3.97. The Balaban J connectivity index is 1.56. The van der Waals surface area contributed by atoms with E-state index in [1.165, 1.54) is 25.7 Å². The molecule has 0 amide bonds. The standard InChI is InChI=1S/C14H23N5O2/c1-2-21-14(20)7-8-18(9-11-3-4-11)10-13-15-16-17-19(13)12-5-6-12/h11-12H,2-10H2,1H3. The van der Waals surface area contributed by atoms with Gasteiger partial charge >= 0.3 is 5.97 Å². The van der Waals surface area contributed by atoms with Crippen LogP contribution in [0.15, 0.2) is 0 Å². The molecule has 3 rings (SSSR count). The first-order valence-electron chi connectivity index (χ1n) is 7.91. The Bertz CT molecular complexity index is 481. The molecule has 7 nitrogen and oxygen atoms in total. The number of carbonyl (C=O) groups excluding carboxylic acids is 1. The van der Waals surface area contributed by atoms with Gasteiger partial charge in [-0.1, -0.05) is 0 Å². The minimum absolute atomic E-state index is 0.125. The minimum Gasteiger partial charge on any atom is -0.466 e. The summed E-state index contributed by atoms with van der Waals surface area (Å²) in [4.78, 5) is 13.8. The molecule has 2 aliphatic carbocycles. The number of esters is 1. The highest BCUT2D eigenvalue weighted by Gasteiger charge is 2.30. The largest absolute Gasteiger partial charge is 0.466 e. The number of tetrazole rings is 1. The lowest BCUT2D eigenvalue weighted by Crippen LogP contribution is -2.30. The molecule has 0 atom stereocenters. The van der Waals surface area contributed by atoms with Crippen LogP contribution in [0.2, 0.25) is 0 Å². The molecule has 2 aliphatic rings. The van der Waals surface area contributed by atoms with Crippen molar-refractivity contribution in [1.82, 2.24) is 25.1 Å². The van der Waals surface area contributed by atoms with Crippen molar-refractivity contribution >= 4 is 5.97 Å². The zero-order chi connectivity index (χ0) is 14.7. The lowest BCUT2D eigenvalue weighted by atomic mass is 10.3. The normalized spacial score (nSPS) is 18.2. The van der Waals surface area contributed by atoms with E-state index in [9.17, 15) is 4.79 Å². The summed E-state index contributed by atoms with van der Waals surface area (Å²) < 4.78 is 6.96. The van der Waals surface area contributed by atoms with Crippen molar-refractivity contribution in [1.29, 1.82) is 0 Å². The topological polar surface area (TPSA) is 73.1 Å². The molecule has 1 aromatic heterocycles. The van der Waals surface area contributed by atoms with Gasteiger partial charge in [-0.25, -0.2) is 4.68 Å². The molecule has 0 bridgehead atoms. The average Bonchev–Trinajstić information content (AvgIpc) is 3.38. The SMILES string of the molecule is CCOC(=O)CCN(Cc1nnnn1C1CC1)CC1CC1. The van der Waals surface area contributed by atoms with Gasteiger partial charge in [0.25, 0.3) is 0 Å². The second-order valence-electron chi connectivity index (χ2n) is 6.00. The van der Waals surface area contributed by atoms with Crippen molar-refractivity contribution in [2.45, 2.75) is 51.6 Å². The summed E-state index contributed by atoms with van der Waals surface area (Å²) in [7, 11) is 0. The summed E-state index contributed by atoms with van der Waals surface area (Å²) in [5.41, 5.74) is 0. The van der Waals surface area contributed by atoms with Gasteiger partial charge in [-0.3, -0.25) is 9.69 Å². The van der Waals surface area contributed by atoms with Gasteiger partial charge < -0.3 is 4.74 Å². The molecule has 21 heavy (non-hydrogen) atoms. The average molecular weight is 293 g/mol. The molecule has 116 valence electrons. The summed E-state index contributed by atoms with van der Waals surface area (Å²) in [5.74, 6) is 1.57. The highest BCUT2D eigenvalue weighted by atomic mass is 16.5. The Hall–Kier alpha value is -1.50. The Labute approximate surface area is 124 Å². The van der Waals surface area contributed by atoms with Gasteiger partial charge in [0.1, 0.15) is 0 Å². The molecular formula is C14H23N5O2. The van der Waals surface area contributed by atoms with Gasteiger partial charge in [-0.05, 0) is 49.0 Å². The van der Waals surface area contributed by atoms with Crippen molar-refractivity contribution in [3.05, 3.63) is 5.82 Å². The second-order valence-corrected chi connectivity index (χ2v) is 6.00. The fourth-order valence-corrected chi connectivity index (χ4v) is 2.50. The lowest BCUT2D eigenvalue weighted by Gasteiger charge is -2.21. The summed E-state index contributed by atoms with van der Waals surface area (Å²) in [6, 6.07) is 0.489. The Morgan fingerprint density at radius 1 is 1.38 bits per heavy atom. The molecule has 2 saturated carbocycles. The number of nitrogens with zero attached hydrogens (tertiary/aromatic N) is 5. The second kappa shape index (κ2) is 6.51. The van der Waals surface area contributed by atoms with Gasteiger partial charge in [-0.15, -0.1) is 5.10 Å². The van der Waals surface area contributed by atoms with Crippen molar-refractivity contribution in [2.24, 2.45) is 5.92 Å². The van der Waals surface area contributed by atoms with E-state index in [-0.39, 0.29) is 5.97 Å². The molecule has 1 aromatic rings. The zero-order valence-corrected chi connectivity index (χ0v) is 12.6. The summed E-state index contributed by atoms with van der Waals surface area (Å²) in [6.07, 6.45) is 5.37. The van der Waals surface area contributed by atoms with E-state index in [0.717, 1.165) is 24.8 Å². The highest BCUT2D eigenvalue weighted by Crippen LogP contribution is 2.35. The molecule has 0 saturated heterocycles. The van der Waals surface area contributed by atoms with Gasteiger partial charge in [0, 0.05) is 13.1 Å². The lowest BCUT2D eigenvalue weighted by molar-refractivity contribution is -0.143. The fraction of sp³-hybridized carbons (Fsp3) is 0.857. The number of carbonyl (C=O) groups is 1. The number of rotatable bonds is 9. The van der Waals surface area contributed by atoms with Crippen LogP contribution in [-0.4, -0.2) is 50.8 Å². The third-order valence-corrected chi connectivity index (χ3v) is 3.97. The monoisotopic (exact) mass is 293 g/mol. The molecule has 0 radical (unpaired) electrons. The van der Waals surface area contributed by atoms with Crippen molar-refractivity contribution in [2.75, 3.05) is 19.7 Å². The molecule has 7 heteroatoms. The molecule has 0 aliphatic heterocycles. The number of hydrogen-bond donors (Lipinski definition) is 0. The van der Waals surface area contributed by atoms with E-state index in [1.807, 2.05) is 11.6 Å². The summed E-state index contributed by atoms with van der Waals surface area (Å²) in [6.45, 7) is 4.74. The van der Waals surface area contributed by atoms with Crippen LogP contribution >= 0.6 is 0 Å². The fourth-order valence-electron chi connectivity index (χ4n) is 2.50. The first-order valence-corrected chi connectivity index (χ1v) is 7.91. The first-order chi connectivity index (χ1) is 10.3. The first kappa shape index (κ1) is 14.4. The van der Waals surface area contributed by atoms with E-state index < -0.39 is 0 Å². The van der Waals surface area contributed by atoms with E-state index >= 15 is 0 Å². The van der Waals surface area contributed by atoms with Gasteiger partial charge in [-0.2, -0.15) is 0 Å². The number of hydrogen-bond acceptors (Lipinski definition) is 6. The van der Waals surface area contributed by atoms with Crippen LogP contribution in [0.25, 0.3) is 0 Å². The third kappa shape index (κ3) is 4.23. The zero-order valence-electron chi connectivity index (χ0n) is 12.6. The van der Waals surface area contributed by atoms with Crippen LogP contribution in [0.4, 0.5) is 0 Å². The maximum Gasteiger partial charge on any atom is 0.307 e. The van der Waals surface area contributed by atoms with Gasteiger partial charge in [0.05, 0.1) is 25.6 Å². The van der Waals surface area contributed by atoms with E-state index in [2.05, 4.69) is 20.4 Å². The maximum absolute atomic E-state index is 11.5. The molecule has 0 N–H and O–H groups in total. The predicted molar refractivity (Wildman–Crippen MR) is 75.3 cm³/mol. The van der Waals surface area contributed by atoms with Crippen LogP contribution in [0.5, 0.6) is 0 Å². The van der Waals surface area contributed by atoms with Gasteiger partial charge in [0.15, 0.2) is 5.82 Å². The van der Waals surface area contributed by atoms with Crippen LogP contribution in [0.3, 0.4) is 0 Å². The van der Waals surface area contributed by atoms with Crippen molar-refractivity contribution < 1.29 is 9.53 Å². The molecule has 0 unspecified atom stereocenters. The van der Waals surface area contributed by atoms with Gasteiger partial charge in [0.2, 0.25) is 0 Å². The molecule has 0 spiro atoms. The number of aromatic nitrogens is 4. The van der Waals surface area contributed by atoms with Crippen molar-refractivity contribution in [3.8, 4) is 0 Å². The molecule has 1 heterocycles. The molecular weight excluding hydrogens is 270 g/mol. The Morgan fingerprint density at radius 3 is 2.86 bits per heavy atom. The van der Waals surface area contributed by atoms with E-state index in [0.29, 0.717) is 25.6 Å². The Kier molecular flexibility index (Phi) is 4.48. The quantitative estimate of drug-likeness (QED) is 0.636. The smallest absolute Gasteiger partial charge is 0.307 e. The summed E-state index contributed by atoms with van der Waals surface area (Å²) >= 11 is 0. The maximum atomic E-state index is 11.5. The number of ether oxygens (including phenoxy) is 1. The summed E-state index contributed by atoms with van der Waals surface area (Å²) in [5, 5.41) is 12.0. The van der Waals surface area contributed by atoms with Crippen LogP contribution < -0.4 is 0 Å². The minimum atomic E-state index is -0.125. The van der Waals surface area contributed by atoms with Crippen LogP contribution in [-0.2, 0) is 16.1 Å². The van der Waals surface area contributed by atoms with Crippen LogP contribution in [0, 0.1) is 5.92 Å². The van der Waals surface area contributed by atoms with E-state index in [4.69, 9.17) is 4.74 Å². The molecule has 2 fully saturated rings.